The second kappa shape index (κ2) is 7.40. The maximum absolute atomic E-state index is 14.7. The number of H-pyrrole nitrogens is 1. The van der Waals surface area contributed by atoms with Gasteiger partial charge in [0, 0.05) is 28.9 Å². The van der Waals surface area contributed by atoms with Crippen LogP contribution in [0, 0.1) is 11.6 Å². The minimum atomic E-state index is -1.29. The molecule has 2 aromatic carbocycles. The number of fused-ring (bicyclic) bond motifs is 1. The maximum Gasteiger partial charge on any atom is 0.251 e. The Morgan fingerprint density at radius 2 is 1.87 bits per heavy atom. The normalized spacial score (nSPS) is 10.9. The fourth-order valence-corrected chi connectivity index (χ4v) is 3.24. The van der Waals surface area contributed by atoms with Crippen LogP contribution in [0.25, 0.3) is 22.2 Å². The highest BCUT2D eigenvalue weighted by atomic mass is 19.1. The van der Waals surface area contributed by atoms with Crippen molar-refractivity contribution in [2.45, 2.75) is 0 Å². The van der Waals surface area contributed by atoms with Gasteiger partial charge in [0.15, 0.2) is 0 Å². The average Bonchev–Trinajstić information content (AvgIpc) is 3.16. The van der Waals surface area contributed by atoms with Gasteiger partial charge in [-0.05, 0) is 35.9 Å². The molecule has 2 aromatic heterocycles. The molecule has 0 atom stereocenters. The molecule has 4 rings (SSSR count). The number of aromatic nitrogens is 2. The minimum absolute atomic E-state index is 0.0154. The van der Waals surface area contributed by atoms with Gasteiger partial charge in [-0.3, -0.25) is 9.59 Å². The van der Waals surface area contributed by atoms with Crippen molar-refractivity contribution in [3.8, 4) is 16.9 Å². The number of methoxy groups -OCH3 is 1. The predicted octanol–water partition coefficient (Wildman–Crippen LogP) is 3.85. The van der Waals surface area contributed by atoms with Crippen molar-refractivity contribution in [2.24, 2.45) is 5.73 Å². The minimum Gasteiger partial charge on any atom is -0.497 e. The van der Waals surface area contributed by atoms with Crippen LogP contribution in [0.1, 0.15) is 26.3 Å². The molecule has 3 N–H and O–H groups in total. The van der Waals surface area contributed by atoms with Crippen molar-refractivity contribution in [3.63, 3.8) is 0 Å². The topological polar surface area (TPSA) is 98.1 Å². The van der Waals surface area contributed by atoms with Gasteiger partial charge in [0.05, 0.1) is 18.2 Å². The Balaban J connectivity index is 1.85. The molecule has 0 radical (unpaired) electrons. The van der Waals surface area contributed by atoms with Gasteiger partial charge in [-0.2, -0.15) is 0 Å². The molecule has 0 fully saturated rings. The van der Waals surface area contributed by atoms with Crippen LogP contribution in [0.4, 0.5) is 8.78 Å². The number of carbonyl (C=O) groups is 2. The molecule has 0 unspecified atom stereocenters. The lowest BCUT2D eigenvalue weighted by Crippen LogP contribution is -2.17. The second-order valence-corrected chi connectivity index (χ2v) is 6.53. The number of carbonyl (C=O) groups excluding carboxylic acids is 2. The van der Waals surface area contributed by atoms with E-state index in [9.17, 15) is 18.4 Å². The fourth-order valence-electron chi connectivity index (χ4n) is 3.24. The number of hydrogen-bond acceptors (Lipinski definition) is 4. The molecule has 2 heterocycles. The third-order valence-electron chi connectivity index (χ3n) is 4.76. The summed E-state index contributed by atoms with van der Waals surface area (Å²) in [7, 11) is 1.55. The fraction of sp³-hybridized carbons (Fsp3) is 0.0455. The van der Waals surface area contributed by atoms with Gasteiger partial charge in [-0.1, -0.05) is 12.1 Å². The van der Waals surface area contributed by atoms with Crippen molar-refractivity contribution in [3.05, 3.63) is 83.2 Å². The standard InChI is InChI=1S/C22H15F2N3O3/c1-30-13-4-2-3-11(7-13)12-8-15-16(10-27-22(15)26-9-12)20(28)18-17(23)6-5-14(19(18)24)21(25)29/h2-10H,1H3,(H2,25,29)(H,26,27). The highest BCUT2D eigenvalue weighted by molar-refractivity contribution is 6.17. The number of ether oxygens (including phenoxy) is 1. The van der Waals surface area contributed by atoms with Gasteiger partial charge in [0.1, 0.15) is 23.0 Å². The molecular formula is C22H15F2N3O3. The summed E-state index contributed by atoms with van der Waals surface area (Å²) < 4.78 is 34.2. The number of rotatable bonds is 5. The van der Waals surface area contributed by atoms with Crippen LogP contribution in [-0.2, 0) is 0 Å². The number of hydrogen-bond donors (Lipinski definition) is 2. The van der Waals surface area contributed by atoms with Crippen LogP contribution in [-0.4, -0.2) is 28.8 Å². The van der Waals surface area contributed by atoms with Gasteiger partial charge in [-0.25, -0.2) is 13.8 Å². The zero-order chi connectivity index (χ0) is 21.4. The Hall–Kier alpha value is -4.07. The third-order valence-corrected chi connectivity index (χ3v) is 4.76. The molecule has 1 amide bonds. The van der Waals surface area contributed by atoms with E-state index in [-0.39, 0.29) is 5.56 Å². The maximum atomic E-state index is 14.7. The molecule has 0 bridgehead atoms. The van der Waals surface area contributed by atoms with Gasteiger partial charge in [0.2, 0.25) is 5.78 Å². The first-order chi connectivity index (χ1) is 14.4. The Morgan fingerprint density at radius 1 is 1.07 bits per heavy atom. The number of primary amides is 1. The molecule has 0 aliphatic heterocycles. The van der Waals surface area contributed by atoms with E-state index in [1.165, 1.54) is 6.20 Å². The first-order valence-corrected chi connectivity index (χ1v) is 8.84. The first-order valence-electron chi connectivity index (χ1n) is 8.84. The SMILES string of the molecule is COc1cccc(-c2cnc3[nH]cc(C(=O)c4c(F)ccc(C(N)=O)c4F)c3c2)c1. The van der Waals surface area contributed by atoms with Crippen molar-refractivity contribution in [1.82, 2.24) is 9.97 Å². The largest absolute Gasteiger partial charge is 0.497 e. The van der Waals surface area contributed by atoms with Crippen molar-refractivity contribution >= 4 is 22.7 Å². The molecule has 0 spiro atoms. The van der Waals surface area contributed by atoms with E-state index in [0.717, 1.165) is 17.7 Å². The summed E-state index contributed by atoms with van der Waals surface area (Å²) in [6.45, 7) is 0. The van der Waals surface area contributed by atoms with Crippen LogP contribution in [0.3, 0.4) is 0 Å². The van der Waals surface area contributed by atoms with E-state index >= 15 is 0 Å². The van der Waals surface area contributed by atoms with Gasteiger partial charge >= 0.3 is 0 Å². The van der Waals surface area contributed by atoms with Gasteiger partial charge in [0.25, 0.3) is 5.91 Å². The average molecular weight is 407 g/mol. The number of aromatic amines is 1. The molecule has 0 aliphatic rings. The Kier molecular flexibility index (Phi) is 4.75. The summed E-state index contributed by atoms with van der Waals surface area (Å²) in [4.78, 5) is 31.5. The highest BCUT2D eigenvalue weighted by Crippen LogP contribution is 2.29. The molecule has 6 nitrogen and oxygen atoms in total. The molecule has 4 aromatic rings. The smallest absolute Gasteiger partial charge is 0.251 e. The van der Waals surface area contributed by atoms with E-state index in [2.05, 4.69) is 9.97 Å². The van der Waals surface area contributed by atoms with E-state index < -0.39 is 34.5 Å². The van der Waals surface area contributed by atoms with Gasteiger partial charge in [-0.15, -0.1) is 0 Å². The molecule has 0 saturated heterocycles. The van der Waals surface area contributed by atoms with E-state index in [1.54, 1.807) is 31.5 Å². The summed E-state index contributed by atoms with van der Waals surface area (Å²) in [6, 6.07) is 10.7. The van der Waals surface area contributed by atoms with Crippen molar-refractivity contribution in [2.75, 3.05) is 7.11 Å². The summed E-state index contributed by atoms with van der Waals surface area (Å²) in [5, 5.41) is 0.378. The lowest BCUT2D eigenvalue weighted by Gasteiger charge is -2.07. The quantitative estimate of drug-likeness (QED) is 0.491. The monoisotopic (exact) mass is 407 g/mol. The van der Waals surface area contributed by atoms with Crippen LogP contribution in [0.15, 0.2) is 54.9 Å². The summed E-state index contributed by atoms with van der Waals surface area (Å²) in [5.74, 6) is -3.76. The molecule has 8 heteroatoms. The first kappa shape index (κ1) is 19.3. The Morgan fingerprint density at radius 3 is 2.60 bits per heavy atom. The lowest BCUT2D eigenvalue weighted by molar-refractivity contribution is 0.0996. The predicted molar refractivity (Wildman–Crippen MR) is 106 cm³/mol. The number of nitrogens with two attached hydrogens (primary N) is 1. The van der Waals surface area contributed by atoms with Crippen molar-refractivity contribution in [1.29, 1.82) is 0 Å². The number of amides is 1. The molecule has 0 aliphatic carbocycles. The van der Waals surface area contributed by atoms with Crippen LogP contribution < -0.4 is 10.5 Å². The summed E-state index contributed by atoms with van der Waals surface area (Å²) in [6.07, 6.45) is 2.93. The Labute approximate surface area is 169 Å². The second-order valence-electron chi connectivity index (χ2n) is 6.53. The summed E-state index contributed by atoms with van der Waals surface area (Å²) >= 11 is 0. The number of pyridine rings is 1. The van der Waals surface area contributed by atoms with E-state index in [0.29, 0.717) is 22.3 Å². The van der Waals surface area contributed by atoms with E-state index in [4.69, 9.17) is 10.5 Å². The van der Waals surface area contributed by atoms with Crippen LogP contribution in [0.5, 0.6) is 5.75 Å². The van der Waals surface area contributed by atoms with Gasteiger partial charge < -0.3 is 15.5 Å². The molecule has 150 valence electrons. The summed E-state index contributed by atoms with van der Waals surface area (Å²) in [5.41, 5.74) is 5.56. The lowest BCUT2D eigenvalue weighted by atomic mass is 9.98. The molecule has 30 heavy (non-hydrogen) atoms. The highest BCUT2D eigenvalue weighted by Gasteiger charge is 2.25. The molecule has 0 saturated carbocycles. The number of nitrogens with zero attached hydrogens (tertiary/aromatic N) is 1. The number of benzene rings is 2. The zero-order valence-corrected chi connectivity index (χ0v) is 15.7. The van der Waals surface area contributed by atoms with E-state index in [1.807, 2.05) is 12.1 Å². The number of ketones is 1. The van der Waals surface area contributed by atoms with Crippen LogP contribution >= 0.6 is 0 Å². The van der Waals surface area contributed by atoms with Crippen LogP contribution in [0.2, 0.25) is 0 Å². The van der Waals surface area contributed by atoms with Crippen molar-refractivity contribution < 1.29 is 23.1 Å². The zero-order valence-electron chi connectivity index (χ0n) is 15.7. The Bertz CT molecular complexity index is 1310. The third kappa shape index (κ3) is 3.18. The number of halogens is 2. The molecular weight excluding hydrogens is 392 g/mol. The number of nitrogens with one attached hydrogen (secondary N) is 1.